The Hall–Kier alpha value is -10.4. The Kier molecular flexibility index (Phi) is 12.7. The van der Waals surface area contributed by atoms with E-state index in [1.807, 2.05) is 0 Å². The second-order valence-electron chi connectivity index (χ2n) is 21.0. The second-order valence-corrected chi connectivity index (χ2v) is 21.0. The summed E-state index contributed by atoms with van der Waals surface area (Å²) >= 11 is 0. The van der Waals surface area contributed by atoms with Crippen LogP contribution in [0.1, 0.15) is 103 Å². The molecular formula is C60H50O24. The van der Waals surface area contributed by atoms with Crippen LogP contribution in [0.2, 0.25) is 0 Å². The minimum Gasteiger partial charge on any atom is -0.508 e. The molecule has 0 radical (unpaired) electrons. The number of rotatable bonds is 7. The number of ether oxygens (including phenoxy) is 4. The average Bonchev–Trinajstić information content (AvgIpc) is 1.45. The van der Waals surface area contributed by atoms with Gasteiger partial charge in [0.25, 0.3) is 0 Å². The number of aliphatic hydroxyl groups is 4. The van der Waals surface area contributed by atoms with Crippen LogP contribution in [0.3, 0.4) is 0 Å². The van der Waals surface area contributed by atoms with Gasteiger partial charge in [-0.1, -0.05) is 24.3 Å². The van der Waals surface area contributed by atoms with Crippen molar-refractivity contribution in [2.24, 2.45) is 0 Å². The fraction of sp³-hybridized carbons (Fsp3) is 0.200. The lowest BCUT2D eigenvalue weighted by atomic mass is 9.72. The normalized spacial score (nSPS) is 24.0. The van der Waals surface area contributed by atoms with E-state index in [9.17, 15) is 102 Å². The predicted octanol–water partition coefficient (Wildman–Crippen LogP) is 5.89. The van der Waals surface area contributed by atoms with E-state index in [-0.39, 0.29) is 39.1 Å². The molecule has 24 heteroatoms. The quantitative estimate of drug-likeness (QED) is 0.0827. The van der Waals surface area contributed by atoms with Crippen LogP contribution in [0.4, 0.5) is 0 Å². The summed E-state index contributed by atoms with van der Waals surface area (Å²) in [5.74, 6) is -19.0. The second kappa shape index (κ2) is 19.7. The van der Waals surface area contributed by atoms with E-state index in [1.54, 1.807) is 0 Å². The first-order chi connectivity index (χ1) is 39.9. The lowest BCUT2D eigenvalue weighted by Crippen LogP contribution is -2.40. The molecule has 11 atom stereocenters. The number of fused-ring (bicyclic) bond motifs is 4. The summed E-state index contributed by atoms with van der Waals surface area (Å²) in [7, 11) is 0. The van der Waals surface area contributed by atoms with Crippen LogP contribution in [-0.4, -0.2) is 127 Å². The molecule has 8 aromatic rings. The zero-order valence-electron chi connectivity index (χ0n) is 43.0. The van der Waals surface area contributed by atoms with Gasteiger partial charge in [-0.05, 0) is 70.8 Å². The molecule has 0 aliphatic carbocycles. The monoisotopic (exact) mass is 1150 g/mol. The average molecular weight is 1160 g/mol. The number of benzene rings is 8. The minimum absolute atomic E-state index is 0.00111. The molecule has 0 unspecified atom stereocenters. The van der Waals surface area contributed by atoms with E-state index in [0.717, 1.165) is 78.9 Å². The number of phenols is 16. The molecule has 0 spiro atoms. The maximum absolute atomic E-state index is 13.1. The van der Waals surface area contributed by atoms with E-state index in [1.165, 1.54) is 24.3 Å². The van der Waals surface area contributed by atoms with Gasteiger partial charge in [0.15, 0.2) is 64.3 Å². The van der Waals surface area contributed by atoms with Gasteiger partial charge in [0, 0.05) is 75.7 Å². The van der Waals surface area contributed by atoms with Crippen molar-refractivity contribution < 1.29 is 121 Å². The van der Waals surface area contributed by atoms with Crippen molar-refractivity contribution >= 4 is 0 Å². The van der Waals surface area contributed by atoms with Crippen molar-refractivity contribution in [1.29, 1.82) is 0 Å². The van der Waals surface area contributed by atoms with Crippen LogP contribution >= 0.6 is 0 Å². The molecule has 12 rings (SSSR count). The Bertz CT molecular complexity index is 4030. The van der Waals surface area contributed by atoms with Gasteiger partial charge >= 0.3 is 0 Å². The number of aliphatic hydroxyl groups excluding tert-OH is 4. The highest BCUT2D eigenvalue weighted by Gasteiger charge is 2.53. The summed E-state index contributed by atoms with van der Waals surface area (Å²) in [5, 5.41) is 229. The number of phenolic OH excluding ortho intramolecular Hbond substituents is 16. The van der Waals surface area contributed by atoms with E-state index < -0.39 is 210 Å². The number of hydrogen-bond donors (Lipinski definition) is 20. The number of aromatic hydroxyl groups is 16. The van der Waals surface area contributed by atoms with Crippen molar-refractivity contribution in [1.82, 2.24) is 0 Å². The third-order valence-corrected chi connectivity index (χ3v) is 16.0. The van der Waals surface area contributed by atoms with E-state index in [0.29, 0.717) is 0 Å². The Morgan fingerprint density at radius 1 is 0.274 bits per heavy atom. The highest BCUT2D eigenvalue weighted by atomic mass is 16.5. The molecule has 4 aliphatic heterocycles. The first-order valence-electron chi connectivity index (χ1n) is 25.7. The van der Waals surface area contributed by atoms with Gasteiger partial charge in [-0.3, -0.25) is 0 Å². The molecule has 24 nitrogen and oxygen atoms in total. The standard InChI is InChI=1S/C60H50O24/c61-23-13-34(71)42-41(14-23)81-55(20-2-6-26(63)31(68)10-20)51(78)48(42)44-36(73)17-38(75)46-50(53(80)57(83-59(44)46)22-4-8-28(65)33(70)12-22)47-39(76)18-37(74)45-49(52(79)56(84-60(45)47)21-3-7-27(64)32(69)11-21)43-35(72)16-29(66)24-15-40(77)54(82-58(24)43)19-1-5-25(62)30(67)9-19/h1-14,16-18,40,48-57,61-80H,15H2/t40-,48+,49-,50+,51-,52-,53-,54+,55+,56+,57+/m0/s1. The first-order valence-corrected chi connectivity index (χ1v) is 25.7. The van der Waals surface area contributed by atoms with Gasteiger partial charge in [-0.25, -0.2) is 0 Å². The molecule has 0 amide bonds. The van der Waals surface area contributed by atoms with Crippen LogP contribution < -0.4 is 18.9 Å². The van der Waals surface area contributed by atoms with Crippen molar-refractivity contribution in [3.63, 3.8) is 0 Å². The molecule has 0 aromatic heterocycles. The summed E-state index contributed by atoms with van der Waals surface area (Å²) in [5.41, 5.74) is -3.20. The summed E-state index contributed by atoms with van der Waals surface area (Å²) in [6, 6.07) is 17.7. The van der Waals surface area contributed by atoms with Gasteiger partial charge < -0.3 is 121 Å². The maximum Gasteiger partial charge on any atom is 0.157 e. The molecule has 8 aromatic carbocycles. The molecule has 20 N–H and O–H groups in total. The Labute approximate surface area is 472 Å². The molecule has 0 fully saturated rings. The lowest BCUT2D eigenvalue weighted by Gasteiger charge is -2.44. The zero-order valence-corrected chi connectivity index (χ0v) is 43.0. The van der Waals surface area contributed by atoms with E-state index >= 15 is 0 Å². The smallest absolute Gasteiger partial charge is 0.157 e. The molecule has 84 heavy (non-hydrogen) atoms. The molecule has 4 aliphatic rings. The zero-order chi connectivity index (χ0) is 59.8. The van der Waals surface area contributed by atoms with E-state index in [2.05, 4.69) is 0 Å². The van der Waals surface area contributed by atoms with Gasteiger partial charge in [0.05, 0.1) is 23.9 Å². The Morgan fingerprint density at radius 2 is 0.583 bits per heavy atom. The highest BCUT2D eigenvalue weighted by Crippen LogP contribution is 2.65. The fourth-order valence-corrected chi connectivity index (χ4v) is 12.2. The summed E-state index contributed by atoms with van der Waals surface area (Å²) in [4.78, 5) is 0. The van der Waals surface area contributed by atoms with Crippen LogP contribution in [0.5, 0.6) is 115 Å². The van der Waals surface area contributed by atoms with Gasteiger partial charge in [-0.15, -0.1) is 0 Å². The summed E-state index contributed by atoms with van der Waals surface area (Å²) in [6.07, 6.45) is -14.8. The highest BCUT2D eigenvalue weighted by molar-refractivity contribution is 5.73. The maximum atomic E-state index is 13.1. The van der Waals surface area contributed by atoms with Crippen molar-refractivity contribution in [3.8, 4) is 115 Å². The SMILES string of the molecule is Oc1cc(O)c2c(c1)O[C@H](c1ccc(O)c(O)c1)[C@@H](O)[C@H]2c1c(O)cc(O)c2c1O[C@H](c1ccc(O)c(O)c1)[C@@H](O)[C@H]2c1c(O)cc(O)c2c1O[C@H](c1ccc(O)c(O)c1)[C@@H](O)[C@H]2c1c(O)cc(O)c2c1O[C@H](c1ccc(O)c(O)c1)[C@@H](O)C2. The molecule has 0 saturated carbocycles. The summed E-state index contributed by atoms with van der Waals surface area (Å²) < 4.78 is 25.8. The summed E-state index contributed by atoms with van der Waals surface area (Å²) in [6.45, 7) is 0. The number of hydrogen-bond acceptors (Lipinski definition) is 24. The predicted molar refractivity (Wildman–Crippen MR) is 285 cm³/mol. The topological polar surface area (TPSA) is 442 Å². The molecule has 0 bridgehead atoms. The molecule has 0 saturated heterocycles. The third-order valence-electron chi connectivity index (χ3n) is 16.0. The fourth-order valence-electron chi connectivity index (χ4n) is 12.2. The van der Waals surface area contributed by atoms with Crippen LogP contribution in [0.15, 0.2) is 103 Å². The van der Waals surface area contributed by atoms with Crippen LogP contribution in [0, 0.1) is 0 Å². The van der Waals surface area contributed by atoms with Gasteiger partial charge in [0.2, 0.25) is 0 Å². The van der Waals surface area contributed by atoms with Crippen LogP contribution in [0.25, 0.3) is 0 Å². The van der Waals surface area contributed by atoms with Crippen molar-refractivity contribution in [2.45, 2.75) is 73.0 Å². The first kappa shape index (κ1) is 54.2. The van der Waals surface area contributed by atoms with Gasteiger partial charge in [-0.2, -0.15) is 0 Å². The molecule has 4 heterocycles. The minimum atomic E-state index is -2.15. The van der Waals surface area contributed by atoms with Crippen molar-refractivity contribution in [3.05, 3.63) is 164 Å². The Balaban J connectivity index is 1.14. The molecular weight excluding hydrogens is 1100 g/mol. The van der Waals surface area contributed by atoms with Crippen LogP contribution in [-0.2, 0) is 6.42 Å². The largest absolute Gasteiger partial charge is 0.508 e. The molecule has 434 valence electrons. The van der Waals surface area contributed by atoms with Gasteiger partial charge in [0.1, 0.15) is 93.4 Å². The lowest BCUT2D eigenvalue weighted by molar-refractivity contribution is -0.00858. The third kappa shape index (κ3) is 8.44. The Morgan fingerprint density at radius 3 is 0.964 bits per heavy atom. The van der Waals surface area contributed by atoms with Crippen molar-refractivity contribution in [2.75, 3.05) is 0 Å². The van der Waals surface area contributed by atoms with E-state index in [4.69, 9.17) is 18.9 Å².